The minimum atomic E-state index is -4.45. The van der Waals surface area contributed by atoms with Gasteiger partial charge in [-0.25, -0.2) is 0 Å². The van der Waals surface area contributed by atoms with Crippen LogP contribution in [0.1, 0.15) is 42.3 Å². The molecule has 1 aromatic carbocycles. The van der Waals surface area contributed by atoms with E-state index < -0.39 is 11.7 Å². The molecule has 1 N–H and O–H groups in total. The monoisotopic (exact) mass is 408 g/mol. The van der Waals surface area contributed by atoms with Gasteiger partial charge in [-0.1, -0.05) is 19.1 Å². The van der Waals surface area contributed by atoms with Gasteiger partial charge in [0.15, 0.2) is 5.76 Å². The Morgan fingerprint density at radius 2 is 1.90 bits per heavy atom. The number of carbonyl (C=O) groups is 2. The molecule has 1 saturated heterocycles. The first-order valence-corrected chi connectivity index (χ1v) is 9.64. The minimum absolute atomic E-state index is 0.0174. The average Bonchev–Trinajstić information content (AvgIpc) is 3.21. The molecule has 1 aliphatic heterocycles. The lowest BCUT2D eigenvalue weighted by atomic mass is 9.95. The zero-order valence-corrected chi connectivity index (χ0v) is 16.1. The van der Waals surface area contributed by atoms with Crippen molar-refractivity contribution in [3.8, 4) is 11.3 Å². The fraction of sp³-hybridized carbons (Fsp3) is 0.429. The van der Waals surface area contributed by atoms with Gasteiger partial charge < -0.3 is 14.6 Å². The van der Waals surface area contributed by atoms with Crippen molar-refractivity contribution in [3.05, 3.63) is 47.7 Å². The number of carbonyl (C=O) groups excluding carboxylic acids is 2. The number of alkyl halides is 3. The highest BCUT2D eigenvalue weighted by Gasteiger charge is 2.31. The topological polar surface area (TPSA) is 62.6 Å². The van der Waals surface area contributed by atoms with Crippen LogP contribution in [0.3, 0.4) is 0 Å². The summed E-state index contributed by atoms with van der Waals surface area (Å²) in [6.45, 7) is 3.49. The van der Waals surface area contributed by atoms with Crippen LogP contribution in [0.25, 0.3) is 11.3 Å². The number of hydrogen-bond acceptors (Lipinski definition) is 3. The van der Waals surface area contributed by atoms with E-state index in [1.165, 1.54) is 24.3 Å². The Balaban J connectivity index is 1.64. The van der Waals surface area contributed by atoms with Gasteiger partial charge >= 0.3 is 6.18 Å². The maximum absolute atomic E-state index is 12.9. The van der Waals surface area contributed by atoms with E-state index in [0.29, 0.717) is 32.5 Å². The van der Waals surface area contributed by atoms with Crippen LogP contribution in [-0.2, 0) is 11.0 Å². The second-order valence-corrected chi connectivity index (χ2v) is 7.10. The first-order chi connectivity index (χ1) is 13.8. The molecule has 0 aliphatic carbocycles. The summed E-state index contributed by atoms with van der Waals surface area (Å²) < 4.78 is 44.2. The lowest BCUT2D eigenvalue weighted by Crippen LogP contribution is -2.43. The zero-order chi connectivity index (χ0) is 21.0. The van der Waals surface area contributed by atoms with Crippen LogP contribution < -0.4 is 5.32 Å². The smallest absolute Gasteiger partial charge is 0.416 e. The van der Waals surface area contributed by atoms with E-state index in [0.717, 1.165) is 18.6 Å². The Morgan fingerprint density at radius 1 is 1.17 bits per heavy atom. The number of likely N-dealkylation sites (tertiary alicyclic amines) is 1. The molecule has 156 valence electrons. The maximum Gasteiger partial charge on any atom is 0.416 e. The van der Waals surface area contributed by atoms with Crippen molar-refractivity contribution < 1.29 is 27.2 Å². The number of furan rings is 1. The van der Waals surface area contributed by atoms with Crippen molar-refractivity contribution in [1.29, 1.82) is 0 Å². The molecule has 0 saturated carbocycles. The lowest BCUT2D eigenvalue weighted by molar-refractivity contribution is -0.137. The molecule has 8 heteroatoms. The lowest BCUT2D eigenvalue weighted by Gasteiger charge is -2.30. The molecule has 0 radical (unpaired) electrons. The zero-order valence-electron chi connectivity index (χ0n) is 16.1. The van der Waals surface area contributed by atoms with E-state index in [2.05, 4.69) is 5.32 Å². The summed E-state index contributed by atoms with van der Waals surface area (Å²) in [4.78, 5) is 26.3. The van der Waals surface area contributed by atoms with Gasteiger partial charge in [-0.2, -0.15) is 13.2 Å². The summed E-state index contributed by atoms with van der Waals surface area (Å²) in [6.07, 6.45) is -2.43. The molecule has 0 atom stereocenters. The highest BCUT2D eigenvalue weighted by molar-refractivity contribution is 5.92. The van der Waals surface area contributed by atoms with E-state index in [1.807, 2.05) is 6.92 Å². The molecule has 2 heterocycles. The average molecular weight is 408 g/mol. The van der Waals surface area contributed by atoms with Gasteiger partial charge in [-0.05, 0) is 43.5 Å². The number of amides is 2. The number of piperidine rings is 1. The quantitative estimate of drug-likeness (QED) is 0.800. The Bertz CT molecular complexity index is 868. The largest absolute Gasteiger partial charge is 0.451 e. The molecule has 2 amide bonds. The number of hydrogen-bond donors (Lipinski definition) is 1. The summed E-state index contributed by atoms with van der Waals surface area (Å²) in [7, 11) is 0. The van der Waals surface area contributed by atoms with Crippen LogP contribution in [-0.4, -0.2) is 36.3 Å². The SMILES string of the molecule is CCCNC(=O)C1CCN(C(=O)c2ccc(-c3cccc(C(F)(F)F)c3)o2)CC1. The molecule has 5 nitrogen and oxygen atoms in total. The van der Waals surface area contributed by atoms with Gasteiger partial charge in [-0.15, -0.1) is 0 Å². The van der Waals surface area contributed by atoms with Crippen molar-refractivity contribution >= 4 is 11.8 Å². The molecule has 0 spiro atoms. The van der Waals surface area contributed by atoms with Gasteiger partial charge in [0.2, 0.25) is 5.91 Å². The summed E-state index contributed by atoms with van der Waals surface area (Å²) >= 11 is 0. The highest BCUT2D eigenvalue weighted by Crippen LogP contribution is 2.33. The van der Waals surface area contributed by atoms with Crippen LogP contribution in [0.15, 0.2) is 40.8 Å². The molecule has 1 aromatic heterocycles. The van der Waals surface area contributed by atoms with Crippen LogP contribution in [0.5, 0.6) is 0 Å². The van der Waals surface area contributed by atoms with Gasteiger partial charge in [-0.3, -0.25) is 9.59 Å². The van der Waals surface area contributed by atoms with Crippen molar-refractivity contribution in [1.82, 2.24) is 10.2 Å². The Hall–Kier alpha value is -2.77. The van der Waals surface area contributed by atoms with Crippen molar-refractivity contribution in [2.75, 3.05) is 19.6 Å². The van der Waals surface area contributed by atoms with Gasteiger partial charge in [0.05, 0.1) is 5.56 Å². The Morgan fingerprint density at radius 3 is 2.55 bits per heavy atom. The van der Waals surface area contributed by atoms with Crippen molar-refractivity contribution in [2.45, 2.75) is 32.4 Å². The Labute approximate surface area is 166 Å². The molecule has 1 fully saturated rings. The van der Waals surface area contributed by atoms with Crippen molar-refractivity contribution in [2.24, 2.45) is 5.92 Å². The van der Waals surface area contributed by atoms with Crippen LogP contribution >= 0.6 is 0 Å². The number of benzene rings is 1. The second-order valence-electron chi connectivity index (χ2n) is 7.10. The number of nitrogens with zero attached hydrogens (tertiary/aromatic N) is 1. The highest BCUT2D eigenvalue weighted by atomic mass is 19.4. The Kier molecular flexibility index (Phi) is 6.30. The standard InChI is InChI=1S/C21H23F3N2O3/c1-2-10-25-19(27)14-8-11-26(12-9-14)20(28)18-7-6-17(29-18)15-4-3-5-16(13-15)21(22,23)24/h3-7,13-14H,2,8-12H2,1H3,(H,25,27). The molecule has 29 heavy (non-hydrogen) atoms. The number of rotatable bonds is 5. The normalized spacial score (nSPS) is 15.4. The van der Waals surface area contributed by atoms with Crippen LogP contribution in [0, 0.1) is 5.92 Å². The first kappa shape index (κ1) is 21.0. The maximum atomic E-state index is 12.9. The third kappa shape index (κ3) is 4.99. The molecule has 2 aromatic rings. The van der Waals surface area contributed by atoms with Crippen molar-refractivity contribution in [3.63, 3.8) is 0 Å². The second kappa shape index (κ2) is 8.71. The van der Waals surface area contributed by atoms with E-state index >= 15 is 0 Å². The third-order valence-electron chi connectivity index (χ3n) is 4.99. The van der Waals surface area contributed by atoms with Gasteiger partial charge in [0.25, 0.3) is 5.91 Å². The van der Waals surface area contributed by atoms with Gasteiger partial charge in [0, 0.05) is 31.1 Å². The predicted octanol–water partition coefficient (Wildman–Crippen LogP) is 4.34. The summed E-state index contributed by atoms with van der Waals surface area (Å²) in [5.41, 5.74) is -0.520. The van der Waals surface area contributed by atoms with Gasteiger partial charge in [0.1, 0.15) is 5.76 Å². The van der Waals surface area contributed by atoms with E-state index in [9.17, 15) is 22.8 Å². The third-order valence-corrected chi connectivity index (χ3v) is 4.99. The van der Waals surface area contributed by atoms with Crippen LogP contribution in [0.4, 0.5) is 13.2 Å². The fourth-order valence-electron chi connectivity index (χ4n) is 3.35. The first-order valence-electron chi connectivity index (χ1n) is 9.64. The number of nitrogens with one attached hydrogen (secondary N) is 1. The van der Waals surface area contributed by atoms with E-state index in [4.69, 9.17) is 4.42 Å². The molecule has 3 rings (SSSR count). The molecule has 0 unspecified atom stereocenters. The minimum Gasteiger partial charge on any atom is -0.451 e. The summed E-state index contributed by atoms with van der Waals surface area (Å²) in [5, 5.41) is 2.87. The molecule has 1 aliphatic rings. The van der Waals surface area contributed by atoms with E-state index in [1.54, 1.807) is 4.90 Å². The van der Waals surface area contributed by atoms with E-state index in [-0.39, 0.29) is 34.8 Å². The molecular weight excluding hydrogens is 385 g/mol. The molecule has 0 bridgehead atoms. The van der Waals surface area contributed by atoms with Crippen LogP contribution in [0.2, 0.25) is 0 Å². The summed E-state index contributed by atoms with van der Waals surface area (Å²) in [6, 6.07) is 7.75. The molecular formula is C21H23F3N2O3. The number of halogens is 3. The fourth-order valence-corrected chi connectivity index (χ4v) is 3.35. The summed E-state index contributed by atoms with van der Waals surface area (Å²) in [5.74, 6) is -0.137. The predicted molar refractivity (Wildman–Crippen MR) is 101 cm³/mol.